The number of nitrogens with one attached hydrogen (secondary N) is 3. The fourth-order valence-electron chi connectivity index (χ4n) is 1.69. The molecule has 6 heteroatoms. The van der Waals surface area contributed by atoms with Gasteiger partial charge in [0.2, 0.25) is 0 Å². The van der Waals surface area contributed by atoms with Crippen LogP contribution in [0, 0.1) is 0 Å². The summed E-state index contributed by atoms with van der Waals surface area (Å²) in [6.45, 7) is 0.702. The first-order valence-electron chi connectivity index (χ1n) is 4.65. The lowest BCUT2D eigenvalue weighted by Gasteiger charge is -2.36. The molecular formula is C8H16N4O2. The molecule has 1 fully saturated rings. The average Bonchev–Trinajstić information content (AvgIpc) is 2.17. The summed E-state index contributed by atoms with van der Waals surface area (Å²) >= 11 is 0. The molecule has 1 saturated heterocycles. The van der Waals surface area contributed by atoms with E-state index in [1.807, 2.05) is 0 Å². The minimum atomic E-state index is -1.02. The summed E-state index contributed by atoms with van der Waals surface area (Å²) in [7, 11) is 1.53. The smallest absolute Gasteiger partial charge is 0.314 e. The lowest BCUT2D eigenvalue weighted by molar-refractivity contribution is -0.129. The normalized spacial score (nSPS) is 26.6. The van der Waals surface area contributed by atoms with E-state index in [0.717, 1.165) is 12.8 Å². The van der Waals surface area contributed by atoms with Crippen molar-refractivity contribution in [1.82, 2.24) is 16.0 Å². The number of hydrogen-bond acceptors (Lipinski definition) is 3. The van der Waals surface area contributed by atoms with E-state index in [2.05, 4.69) is 16.0 Å². The van der Waals surface area contributed by atoms with Gasteiger partial charge in [-0.3, -0.25) is 10.1 Å². The summed E-state index contributed by atoms with van der Waals surface area (Å²) in [4.78, 5) is 22.4. The molecule has 0 aromatic rings. The van der Waals surface area contributed by atoms with E-state index in [1.54, 1.807) is 0 Å². The van der Waals surface area contributed by atoms with Crippen molar-refractivity contribution in [2.75, 3.05) is 13.6 Å². The Morgan fingerprint density at radius 2 is 2.14 bits per heavy atom. The summed E-state index contributed by atoms with van der Waals surface area (Å²) in [5.41, 5.74) is 4.02. The van der Waals surface area contributed by atoms with Crippen LogP contribution in [0.5, 0.6) is 0 Å². The SMILES string of the molecule is CNC(=O)C1(NC(N)=O)CCCCN1. The maximum Gasteiger partial charge on any atom is 0.314 e. The number of urea groups is 1. The topological polar surface area (TPSA) is 96.2 Å². The minimum absolute atomic E-state index is 0.254. The molecule has 5 N–H and O–H groups in total. The van der Waals surface area contributed by atoms with E-state index < -0.39 is 11.7 Å². The second kappa shape index (κ2) is 4.28. The Hall–Kier alpha value is -1.30. The fourth-order valence-corrected chi connectivity index (χ4v) is 1.69. The molecule has 1 unspecified atom stereocenters. The zero-order chi connectivity index (χ0) is 10.6. The number of rotatable bonds is 2. The van der Waals surface area contributed by atoms with Crippen molar-refractivity contribution in [3.8, 4) is 0 Å². The highest BCUT2D eigenvalue weighted by Crippen LogP contribution is 2.16. The highest BCUT2D eigenvalue weighted by molar-refractivity contribution is 5.90. The predicted octanol–water partition coefficient (Wildman–Crippen LogP) is -1.13. The van der Waals surface area contributed by atoms with Gasteiger partial charge in [-0.15, -0.1) is 0 Å². The predicted molar refractivity (Wildman–Crippen MR) is 51.4 cm³/mol. The highest BCUT2D eigenvalue weighted by Gasteiger charge is 2.39. The number of nitrogens with two attached hydrogens (primary N) is 1. The third-order valence-corrected chi connectivity index (χ3v) is 2.36. The molecule has 0 saturated carbocycles. The van der Waals surface area contributed by atoms with Crippen LogP contribution in [-0.2, 0) is 4.79 Å². The monoisotopic (exact) mass is 200 g/mol. The molecule has 0 bridgehead atoms. The molecular weight excluding hydrogens is 184 g/mol. The molecule has 0 aromatic heterocycles. The van der Waals surface area contributed by atoms with Gasteiger partial charge in [-0.05, 0) is 25.8 Å². The van der Waals surface area contributed by atoms with Gasteiger partial charge < -0.3 is 16.4 Å². The number of hydrogen-bond donors (Lipinski definition) is 4. The number of likely N-dealkylation sites (N-methyl/N-ethyl adjacent to an activating group) is 1. The van der Waals surface area contributed by atoms with Crippen LogP contribution in [0.15, 0.2) is 0 Å². The Morgan fingerprint density at radius 1 is 1.43 bits per heavy atom. The van der Waals surface area contributed by atoms with Crippen LogP contribution < -0.4 is 21.7 Å². The number of primary amides is 1. The molecule has 14 heavy (non-hydrogen) atoms. The summed E-state index contributed by atoms with van der Waals surface area (Å²) in [6.07, 6.45) is 2.45. The lowest BCUT2D eigenvalue weighted by Crippen LogP contribution is -2.69. The van der Waals surface area contributed by atoms with Gasteiger partial charge in [-0.25, -0.2) is 4.79 Å². The van der Waals surface area contributed by atoms with Crippen LogP contribution in [0.1, 0.15) is 19.3 Å². The van der Waals surface area contributed by atoms with Crippen molar-refractivity contribution in [2.45, 2.75) is 24.9 Å². The first-order chi connectivity index (χ1) is 6.60. The molecule has 1 atom stereocenters. The largest absolute Gasteiger partial charge is 0.356 e. The first kappa shape index (κ1) is 10.8. The molecule has 1 aliphatic rings. The first-order valence-corrected chi connectivity index (χ1v) is 4.65. The third-order valence-electron chi connectivity index (χ3n) is 2.36. The van der Waals surface area contributed by atoms with E-state index >= 15 is 0 Å². The Labute approximate surface area is 82.6 Å². The van der Waals surface area contributed by atoms with Gasteiger partial charge in [-0.2, -0.15) is 0 Å². The highest BCUT2D eigenvalue weighted by atomic mass is 16.2. The number of carbonyl (C=O) groups is 2. The summed E-state index contributed by atoms with van der Waals surface area (Å²) in [5.74, 6) is -0.254. The van der Waals surface area contributed by atoms with E-state index in [-0.39, 0.29) is 5.91 Å². The van der Waals surface area contributed by atoms with Gasteiger partial charge in [0.1, 0.15) is 0 Å². The van der Waals surface area contributed by atoms with Crippen LogP contribution in [0.25, 0.3) is 0 Å². The van der Waals surface area contributed by atoms with E-state index in [9.17, 15) is 9.59 Å². The standard InChI is InChI=1S/C8H16N4O2/c1-10-6(13)8(12-7(9)14)4-2-3-5-11-8/h11H,2-5H2,1H3,(H,10,13)(H3,9,12,14). The molecule has 6 nitrogen and oxygen atoms in total. The van der Waals surface area contributed by atoms with Crippen molar-refractivity contribution < 1.29 is 9.59 Å². The van der Waals surface area contributed by atoms with E-state index in [0.29, 0.717) is 13.0 Å². The van der Waals surface area contributed by atoms with Crippen molar-refractivity contribution in [1.29, 1.82) is 0 Å². The van der Waals surface area contributed by atoms with Crippen molar-refractivity contribution in [3.63, 3.8) is 0 Å². The van der Waals surface area contributed by atoms with Gasteiger partial charge >= 0.3 is 6.03 Å². The molecule has 0 aromatic carbocycles. The number of carbonyl (C=O) groups excluding carboxylic acids is 2. The average molecular weight is 200 g/mol. The minimum Gasteiger partial charge on any atom is -0.356 e. The molecule has 0 spiro atoms. The van der Waals surface area contributed by atoms with Gasteiger partial charge in [0.25, 0.3) is 5.91 Å². The third kappa shape index (κ3) is 2.14. The molecule has 0 radical (unpaired) electrons. The van der Waals surface area contributed by atoms with E-state index in [4.69, 9.17) is 5.73 Å². The maximum absolute atomic E-state index is 11.6. The quantitative estimate of drug-likeness (QED) is 0.454. The summed E-state index contributed by atoms with van der Waals surface area (Å²) in [6, 6.07) is -0.692. The second-order valence-electron chi connectivity index (χ2n) is 3.36. The van der Waals surface area contributed by atoms with E-state index in [1.165, 1.54) is 7.05 Å². The molecule has 1 rings (SSSR count). The van der Waals surface area contributed by atoms with Crippen molar-refractivity contribution in [2.24, 2.45) is 5.73 Å². The maximum atomic E-state index is 11.6. The van der Waals surface area contributed by atoms with Crippen LogP contribution in [-0.4, -0.2) is 31.2 Å². The number of piperidine rings is 1. The van der Waals surface area contributed by atoms with Crippen LogP contribution in [0.3, 0.4) is 0 Å². The molecule has 0 aliphatic carbocycles. The molecule has 3 amide bonds. The van der Waals surface area contributed by atoms with Gasteiger partial charge in [-0.1, -0.05) is 0 Å². The number of amides is 3. The van der Waals surface area contributed by atoms with Crippen LogP contribution >= 0.6 is 0 Å². The van der Waals surface area contributed by atoms with Crippen molar-refractivity contribution in [3.05, 3.63) is 0 Å². The Kier molecular flexibility index (Phi) is 3.29. The molecule has 1 aliphatic heterocycles. The molecule has 80 valence electrons. The van der Waals surface area contributed by atoms with Gasteiger partial charge in [0.15, 0.2) is 5.66 Å². The van der Waals surface area contributed by atoms with Gasteiger partial charge in [0.05, 0.1) is 0 Å². The lowest BCUT2D eigenvalue weighted by atomic mass is 9.97. The Morgan fingerprint density at radius 3 is 2.57 bits per heavy atom. The summed E-state index contributed by atoms with van der Waals surface area (Å²) < 4.78 is 0. The van der Waals surface area contributed by atoms with Crippen LogP contribution in [0.4, 0.5) is 4.79 Å². The van der Waals surface area contributed by atoms with Crippen LogP contribution in [0.2, 0.25) is 0 Å². The molecule has 1 heterocycles. The summed E-state index contributed by atoms with van der Waals surface area (Å²) in [5, 5.41) is 7.96. The fraction of sp³-hybridized carbons (Fsp3) is 0.750. The zero-order valence-corrected chi connectivity index (χ0v) is 8.22. The zero-order valence-electron chi connectivity index (χ0n) is 8.22. The van der Waals surface area contributed by atoms with Crippen molar-refractivity contribution >= 4 is 11.9 Å². The van der Waals surface area contributed by atoms with Gasteiger partial charge in [0, 0.05) is 7.05 Å². The Bertz CT molecular complexity index is 235. The second-order valence-corrected chi connectivity index (χ2v) is 3.36. The Balaban J connectivity index is 2.76.